The fourth-order valence-corrected chi connectivity index (χ4v) is 7.25. The number of nitrogens with one attached hydrogen (secondary N) is 1. The predicted octanol–water partition coefficient (Wildman–Crippen LogP) is 5.28. The van der Waals surface area contributed by atoms with Crippen molar-refractivity contribution in [3.63, 3.8) is 0 Å². The van der Waals surface area contributed by atoms with Gasteiger partial charge in [0.05, 0.1) is 10.5 Å². The van der Waals surface area contributed by atoms with Gasteiger partial charge in [0.2, 0.25) is 0 Å². The molecule has 2 saturated heterocycles. The van der Waals surface area contributed by atoms with E-state index in [2.05, 4.69) is 64.5 Å². The van der Waals surface area contributed by atoms with Gasteiger partial charge in [0.25, 0.3) is 15.9 Å². The van der Waals surface area contributed by atoms with E-state index >= 15 is 0 Å². The topological polar surface area (TPSA) is 82.6 Å². The van der Waals surface area contributed by atoms with Crippen molar-refractivity contribution in [3.8, 4) is 0 Å². The lowest BCUT2D eigenvalue weighted by molar-refractivity contribution is 0.0981. The first-order valence-electron chi connectivity index (χ1n) is 13.8. The Balaban J connectivity index is 1.32. The maximum Gasteiger partial charge on any atom is 0.268 e. The molecular formula is C31H38N4O3S. The van der Waals surface area contributed by atoms with Crippen molar-refractivity contribution < 1.29 is 13.2 Å². The molecule has 2 aliphatic heterocycles. The van der Waals surface area contributed by atoms with E-state index in [0.29, 0.717) is 17.7 Å². The molecule has 2 atom stereocenters. The van der Waals surface area contributed by atoms with Crippen LogP contribution in [0.5, 0.6) is 0 Å². The average molecular weight is 547 g/mol. The summed E-state index contributed by atoms with van der Waals surface area (Å²) in [7, 11) is -4.08. The standard InChI is InChI=1S/C31H38N4O3S/c1-23-20-31(2,3)35(21-23)29-28(15-8-16-32-29)30(36)33-39(37,38)27-14-7-13-26(19-27)34-17-9-12-25(22-34)18-24-10-5-4-6-11-24/h4-8,10-11,13-16,19,23,25H,9,12,17-18,20-22H2,1-3H3,(H,33,36). The van der Waals surface area contributed by atoms with Crippen LogP contribution in [0.2, 0.25) is 0 Å². The molecule has 1 N–H and O–H groups in total. The number of benzene rings is 2. The van der Waals surface area contributed by atoms with Gasteiger partial charge in [0.1, 0.15) is 5.82 Å². The fraction of sp³-hybridized carbons (Fsp3) is 0.419. The minimum absolute atomic E-state index is 0.0825. The van der Waals surface area contributed by atoms with Crippen molar-refractivity contribution in [2.24, 2.45) is 11.8 Å². The largest absolute Gasteiger partial charge is 0.371 e. The minimum Gasteiger partial charge on any atom is -0.371 e. The molecular weight excluding hydrogens is 508 g/mol. The zero-order valence-corrected chi connectivity index (χ0v) is 23.8. The van der Waals surface area contributed by atoms with Gasteiger partial charge in [-0.2, -0.15) is 0 Å². The summed E-state index contributed by atoms with van der Waals surface area (Å²) in [4.78, 5) is 22.3. The van der Waals surface area contributed by atoms with Crippen molar-refractivity contribution in [1.29, 1.82) is 0 Å². The van der Waals surface area contributed by atoms with Gasteiger partial charge in [-0.3, -0.25) is 4.79 Å². The third-order valence-corrected chi connectivity index (χ3v) is 9.29. The second kappa shape index (κ2) is 11.0. The van der Waals surface area contributed by atoms with Crippen LogP contribution in [0.15, 0.2) is 77.8 Å². The Morgan fingerprint density at radius 3 is 2.59 bits per heavy atom. The number of hydrogen-bond acceptors (Lipinski definition) is 6. The number of nitrogens with zero attached hydrogens (tertiary/aromatic N) is 3. The predicted molar refractivity (Wildman–Crippen MR) is 156 cm³/mol. The van der Waals surface area contributed by atoms with E-state index in [0.717, 1.165) is 51.0 Å². The SMILES string of the molecule is CC1CN(c2ncccc2C(=O)NS(=O)(=O)c2cccc(N3CCCC(Cc4ccccc4)C3)c2)C(C)(C)C1. The van der Waals surface area contributed by atoms with Crippen LogP contribution >= 0.6 is 0 Å². The summed E-state index contributed by atoms with van der Waals surface area (Å²) >= 11 is 0. The summed E-state index contributed by atoms with van der Waals surface area (Å²) in [5.41, 5.74) is 2.27. The van der Waals surface area contributed by atoms with Crippen molar-refractivity contribution in [2.75, 3.05) is 29.4 Å². The highest BCUT2D eigenvalue weighted by Crippen LogP contribution is 2.37. The van der Waals surface area contributed by atoms with Crippen LogP contribution in [0.3, 0.4) is 0 Å². The molecule has 2 aromatic carbocycles. The van der Waals surface area contributed by atoms with Crippen molar-refractivity contribution >= 4 is 27.4 Å². The van der Waals surface area contributed by atoms with E-state index in [1.54, 1.807) is 36.5 Å². The third kappa shape index (κ3) is 6.11. The monoisotopic (exact) mass is 546 g/mol. The zero-order chi connectivity index (χ0) is 27.6. The zero-order valence-electron chi connectivity index (χ0n) is 23.0. The minimum atomic E-state index is -4.08. The van der Waals surface area contributed by atoms with Gasteiger partial charge in [0.15, 0.2) is 0 Å². The quantitative estimate of drug-likeness (QED) is 0.434. The molecule has 3 heterocycles. The highest BCUT2D eigenvalue weighted by Gasteiger charge is 2.39. The van der Waals surface area contributed by atoms with Gasteiger partial charge in [-0.05, 0) is 87.3 Å². The molecule has 7 nitrogen and oxygen atoms in total. The second-order valence-electron chi connectivity index (χ2n) is 11.7. The van der Waals surface area contributed by atoms with Gasteiger partial charge in [0, 0.05) is 37.1 Å². The first-order chi connectivity index (χ1) is 18.6. The molecule has 0 radical (unpaired) electrons. The van der Waals surface area contributed by atoms with Gasteiger partial charge in [-0.25, -0.2) is 18.1 Å². The van der Waals surface area contributed by atoms with Crippen LogP contribution in [0.4, 0.5) is 11.5 Å². The molecule has 0 spiro atoms. The molecule has 8 heteroatoms. The highest BCUT2D eigenvalue weighted by atomic mass is 32.2. The molecule has 2 fully saturated rings. The molecule has 206 valence electrons. The summed E-state index contributed by atoms with van der Waals surface area (Å²) in [6.07, 6.45) is 5.83. The summed E-state index contributed by atoms with van der Waals surface area (Å²) in [6.45, 7) is 8.94. The molecule has 0 aliphatic carbocycles. The van der Waals surface area contributed by atoms with Crippen LogP contribution in [0, 0.1) is 11.8 Å². The summed E-state index contributed by atoms with van der Waals surface area (Å²) in [5.74, 6) is 0.806. The molecule has 2 aliphatic rings. The summed E-state index contributed by atoms with van der Waals surface area (Å²) in [6, 6.07) is 20.7. The molecule has 39 heavy (non-hydrogen) atoms. The lowest BCUT2D eigenvalue weighted by atomic mass is 9.91. The molecule has 0 saturated carbocycles. The molecule has 1 amide bonds. The van der Waals surface area contributed by atoms with Crippen LogP contribution in [-0.4, -0.2) is 44.5 Å². The third-order valence-electron chi connectivity index (χ3n) is 7.97. The van der Waals surface area contributed by atoms with E-state index < -0.39 is 15.9 Å². The van der Waals surface area contributed by atoms with Crippen molar-refractivity contribution in [1.82, 2.24) is 9.71 Å². The maximum absolute atomic E-state index is 13.4. The van der Waals surface area contributed by atoms with E-state index in [1.807, 2.05) is 12.1 Å². The number of amides is 1. The van der Waals surface area contributed by atoms with Gasteiger partial charge < -0.3 is 9.80 Å². The maximum atomic E-state index is 13.4. The first-order valence-corrected chi connectivity index (χ1v) is 15.3. The smallest absolute Gasteiger partial charge is 0.268 e. The fourth-order valence-electron chi connectivity index (χ4n) is 6.25. The number of carbonyl (C=O) groups excluding carboxylic acids is 1. The van der Waals surface area contributed by atoms with Crippen LogP contribution < -0.4 is 14.5 Å². The molecule has 0 bridgehead atoms. The normalized spacial score (nSPS) is 21.1. The van der Waals surface area contributed by atoms with Crippen molar-refractivity contribution in [2.45, 2.75) is 56.9 Å². The number of hydrogen-bond donors (Lipinski definition) is 1. The van der Waals surface area contributed by atoms with E-state index in [4.69, 9.17) is 0 Å². The Bertz CT molecular complexity index is 1420. The Labute approximate surface area is 232 Å². The van der Waals surface area contributed by atoms with E-state index in [-0.39, 0.29) is 16.0 Å². The lowest BCUT2D eigenvalue weighted by Gasteiger charge is -2.34. The number of rotatable bonds is 7. The molecule has 2 unspecified atom stereocenters. The van der Waals surface area contributed by atoms with Gasteiger partial charge >= 0.3 is 0 Å². The van der Waals surface area contributed by atoms with Crippen LogP contribution in [0.1, 0.15) is 56.0 Å². The summed E-state index contributed by atoms with van der Waals surface area (Å²) < 4.78 is 29.1. The average Bonchev–Trinajstić information content (AvgIpc) is 3.20. The van der Waals surface area contributed by atoms with Gasteiger partial charge in [-0.15, -0.1) is 0 Å². The Morgan fingerprint density at radius 1 is 1.05 bits per heavy atom. The first kappa shape index (κ1) is 27.2. The molecule has 1 aromatic heterocycles. The van der Waals surface area contributed by atoms with Crippen LogP contribution in [-0.2, 0) is 16.4 Å². The van der Waals surface area contributed by atoms with Crippen LogP contribution in [0.25, 0.3) is 0 Å². The summed E-state index contributed by atoms with van der Waals surface area (Å²) in [5, 5.41) is 0. The molecule has 3 aromatic rings. The second-order valence-corrected chi connectivity index (χ2v) is 13.4. The van der Waals surface area contributed by atoms with Gasteiger partial charge in [-0.1, -0.05) is 43.3 Å². The Kier molecular flexibility index (Phi) is 7.67. The Hall–Kier alpha value is -3.39. The number of aromatic nitrogens is 1. The number of piperidine rings is 1. The van der Waals surface area contributed by atoms with E-state index in [9.17, 15) is 13.2 Å². The lowest BCUT2D eigenvalue weighted by Crippen LogP contribution is -2.41. The number of sulfonamides is 1. The van der Waals surface area contributed by atoms with E-state index in [1.165, 1.54) is 5.56 Å². The highest BCUT2D eigenvalue weighted by molar-refractivity contribution is 7.90. The number of carbonyl (C=O) groups is 1. The molecule has 5 rings (SSSR count). The Morgan fingerprint density at radius 2 is 1.85 bits per heavy atom. The number of anilines is 2. The number of pyridine rings is 1. The van der Waals surface area contributed by atoms with Crippen molar-refractivity contribution in [3.05, 3.63) is 84.1 Å².